The minimum Gasteiger partial charge on any atom is -0.353 e. The van der Waals surface area contributed by atoms with Crippen LogP contribution in [0.25, 0.3) is 0 Å². The summed E-state index contributed by atoms with van der Waals surface area (Å²) in [7, 11) is 0. The summed E-state index contributed by atoms with van der Waals surface area (Å²) < 4.78 is 0. The van der Waals surface area contributed by atoms with Crippen LogP contribution in [-0.4, -0.2) is 24.9 Å². The third kappa shape index (κ3) is 4.18. The zero-order chi connectivity index (χ0) is 17.1. The van der Waals surface area contributed by atoms with Crippen molar-refractivity contribution in [2.24, 2.45) is 5.73 Å². The molecule has 2 amide bonds. The number of halogens is 1. The molecular weight excluding hydrogens is 338 g/mol. The van der Waals surface area contributed by atoms with E-state index in [2.05, 4.69) is 5.32 Å². The van der Waals surface area contributed by atoms with Crippen molar-refractivity contribution in [2.75, 3.05) is 18.0 Å². The maximum atomic E-state index is 12.2. The number of carbonyl (C=O) groups is 2. The Morgan fingerprint density at radius 1 is 1.20 bits per heavy atom. The van der Waals surface area contributed by atoms with Crippen LogP contribution in [0, 0.1) is 6.92 Å². The lowest BCUT2D eigenvalue weighted by atomic mass is 10.1. The molecule has 6 heteroatoms. The van der Waals surface area contributed by atoms with E-state index in [-0.39, 0.29) is 24.2 Å². The van der Waals surface area contributed by atoms with Gasteiger partial charge in [-0.3, -0.25) is 9.59 Å². The van der Waals surface area contributed by atoms with Crippen LogP contribution in [0.4, 0.5) is 5.69 Å². The average Bonchev–Trinajstić information content (AvgIpc) is 2.90. The van der Waals surface area contributed by atoms with Crippen LogP contribution in [0.5, 0.6) is 0 Å². The Morgan fingerprint density at radius 2 is 1.88 bits per heavy atom. The molecule has 0 fully saturated rings. The van der Waals surface area contributed by atoms with Crippen molar-refractivity contribution in [1.29, 1.82) is 0 Å². The van der Waals surface area contributed by atoms with Gasteiger partial charge in [0.05, 0.1) is 6.42 Å². The molecule has 0 aliphatic carbocycles. The summed E-state index contributed by atoms with van der Waals surface area (Å²) in [5.74, 6) is -0.174. The molecule has 5 nitrogen and oxygen atoms in total. The van der Waals surface area contributed by atoms with Crippen LogP contribution < -0.4 is 16.0 Å². The van der Waals surface area contributed by atoms with Gasteiger partial charge in [-0.15, -0.1) is 12.4 Å². The van der Waals surface area contributed by atoms with E-state index >= 15 is 0 Å². The van der Waals surface area contributed by atoms with E-state index < -0.39 is 6.04 Å². The van der Waals surface area contributed by atoms with E-state index in [1.54, 1.807) is 4.90 Å². The highest BCUT2D eigenvalue weighted by Gasteiger charge is 2.26. The van der Waals surface area contributed by atoms with Gasteiger partial charge in [0.1, 0.15) is 6.04 Å². The molecule has 3 N–H and O–H groups in total. The molecule has 0 radical (unpaired) electrons. The molecule has 0 aromatic heterocycles. The maximum Gasteiger partial charge on any atom is 0.241 e. The van der Waals surface area contributed by atoms with Gasteiger partial charge in [0.2, 0.25) is 11.8 Å². The number of anilines is 1. The lowest BCUT2D eigenvalue weighted by Crippen LogP contribution is -2.40. The van der Waals surface area contributed by atoms with Gasteiger partial charge in [-0.05, 0) is 24.1 Å². The number of nitrogens with one attached hydrogen (secondary N) is 1. The first-order valence-corrected chi connectivity index (χ1v) is 8.04. The zero-order valence-electron chi connectivity index (χ0n) is 14.1. The number of fused-ring (bicyclic) bond motifs is 1. The van der Waals surface area contributed by atoms with Crippen LogP contribution in [0.2, 0.25) is 0 Å². The van der Waals surface area contributed by atoms with Crippen LogP contribution >= 0.6 is 12.4 Å². The minimum absolute atomic E-state index is 0. The summed E-state index contributed by atoms with van der Waals surface area (Å²) in [5.41, 5.74) is 9.86. The largest absolute Gasteiger partial charge is 0.353 e. The predicted molar refractivity (Wildman–Crippen MR) is 101 cm³/mol. The molecule has 1 aliphatic heterocycles. The molecule has 1 heterocycles. The van der Waals surface area contributed by atoms with Crippen molar-refractivity contribution in [3.63, 3.8) is 0 Å². The number of hydrogen-bond donors (Lipinski definition) is 2. The first-order chi connectivity index (χ1) is 11.6. The van der Waals surface area contributed by atoms with Gasteiger partial charge in [-0.25, -0.2) is 0 Å². The van der Waals surface area contributed by atoms with Crippen molar-refractivity contribution in [1.82, 2.24) is 5.32 Å². The maximum absolute atomic E-state index is 12.2. The van der Waals surface area contributed by atoms with E-state index in [1.165, 1.54) is 0 Å². The van der Waals surface area contributed by atoms with Gasteiger partial charge in [0.25, 0.3) is 0 Å². The molecule has 0 bridgehead atoms. The normalized spacial score (nSPS) is 13.8. The SMILES string of the molecule is Cc1ccc(C(N)C(=O)NCCN2C(=O)Cc3ccccc32)cc1.Cl. The molecule has 25 heavy (non-hydrogen) atoms. The molecule has 132 valence electrons. The van der Waals surface area contributed by atoms with Crippen LogP contribution in [0.3, 0.4) is 0 Å². The number of carbonyl (C=O) groups excluding carboxylic acids is 2. The molecule has 0 spiro atoms. The summed E-state index contributed by atoms with van der Waals surface area (Å²) >= 11 is 0. The van der Waals surface area contributed by atoms with Gasteiger partial charge in [-0.1, -0.05) is 48.0 Å². The summed E-state index contributed by atoms with van der Waals surface area (Å²) in [6, 6.07) is 14.6. The fourth-order valence-electron chi connectivity index (χ4n) is 2.89. The highest BCUT2D eigenvalue weighted by molar-refractivity contribution is 6.01. The third-order valence-electron chi connectivity index (χ3n) is 4.28. The quantitative estimate of drug-likeness (QED) is 0.858. The van der Waals surface area contributed by atoms with Gasteiger partial charge in [0.15, 0.2) is 0 Å². The highest BCUT2D eigenvalue weighted by atomic mass is 35.5. The summed E-state index contributed by atoms with van der Waals surface area (Å²) in [6.07, 6.45) is 0.424. The summed E-state index contributed by atoms with van der Waals surface area (Å²) in [6.45, 7) is 2.81. The van der Waals surface area contributed by atoms with Crippen molar-refractivity contribution in [2.45, 2.75) is 19.4 Å². The zero-order valence-corrected chi connectivity index (χ0v) is 14.9. The van der Waals surface area contributed by atoms with Crippen molar-refractivity contribution < 1.29 is 9.59 Å². The number of hydrogen-bond acceptors (Lipinski definition) is 3. The minimum atomic E-state index is -0.702. The molecule has 0 saturated carbocycles. The number of amides is 2. The number of nitrogens with two attached hydrogens (primary N) is 1. The molecule has 1 unspecified atom stereocenters. The average molecular weight is 360 g/mol. The number of nitrogens with zero attached hydrogens (tertiary/aromatic N) is 1. The molecular formula is C19H22ClN3O2. The fourth-order valence-corrected chi connectivity index (χ4v) is 2.89. The van der Waals surface area contributed by atoms with Gasteiger partial charge >= 0.3 is 0 Å². The Bertz CT molecular complexity index is 762. The molecule has 0 saturated heterocycles. The summed E-state index contributed by atoms with van der Waals surface area (Å²) in [5, 5.41) is 2.82. The van der Waals surface area contributed by atoms with Crippen molar-refractivity contribution in [3.8, 4) is 0 Å². The van der Waals surface area contributed by atoms with E-state index in [0.717, 1.165) is 22.4 Å². The van der Waals surface area contributed by atoms with Gasteiger partial charge in [-0.2, -0.15) is 0 Å². The second-order valence-electron chi connectivity index (χ2n) is 6.03. The predicted octanol–water partition coefficient (Wildman–Crippen LogP) is 2.12. The Kier molecular flexibility index (Phi) is 6.17. The van der Waals surface area contributed by atoms with Gasteiger partial charge in [0, 0.05) is 18.8 Å². The topological polar surface area (TPSA) is 75.4 Å². The van der Waals surface area contributed by atoms with E-state index in [1.807, 2.05) is 55.5 Å². The Labute approximate surface area is 153 Å². The highest BCUT2D eigenvalue weighted by Crippen LogP contribution is 2.27. The lowest BCUT2D eigenvalue weighted by molar-refractivity contribution is -0.122. The third-order valence-corrected chi connectivity index (χ3v) is 4.28. The Balaban J connectivity index is 0.00000225. The molecule has 2 aromatic rings. The number of para-hydroxylation sites is 1. The second kappa shape index (κ2) is 8.14. The van der Waals surface area contributed by atoms with E-state index in [0.29, 0.717) is 19.5 Å². The fraction of sp³-hybridized carbons (Fsp3) is 0.263. The van der Waals surface area contributed by atoms with Gasteiger partial charge < -0.3 is 16.0 Å². The summed E-state index contributed by atoms with van der Waals surface area (Å²) in [4.78, 5) is 26.0. The standard InChI is InChI=1S/C19H21N3O2.ClH/c1-13-6-8-14(9-7-13)18(20)19(24)21-10-11-22-16-5-3-2-4-15(16)12-17(22)23;/h2-9,18H,10-12,20H2,1H3,(H,21,24);1H. The van der Waals surface area contributed by atoms with Crippen LogP contribution in [0.1, 0.15) is 22.7 Å². The molecule has 1 atom stereocenters. The van der Waals surface area contributed by atoms with E-state index in [9.17, 15) is 9.59 Å². The van der Waals surface area contributed by atoms with Crippen LogP contribution in [-0.2, 0) is 16.0 Å². The smallest absolute Gasteiger partial charge is 0.241 e. The first kappa shape index (κ1) is 19.0. The monoisotopic (exact) mass is 359 g/mol. The first-order valence-electron chi connectivity index (χ1n) is 8.04. The Hall–Kier alpha value is -2.37. The number of rotatable bonds is 5. The van der Waals surface area contributed by atoms with Crippen molar-refractivity contribution >= 4 is 29.9 Å². The van der Waals surface area contributed by atoms with Crippen LogP contribution in [0.15, 0.2) is 48.5 Å². The van der Waals surface area contributed by atoms with Crippen molar-refractivity contribution in [3.05, 3.63) is 65.2 Å². The number of aryl methyl sites for hydroxylation is 1. The lowest BCUT2D eigenvalue weighted by Gasteiger charge is -2.19. The molecule has 3 rings (SSSR count). The Morgan fingerprint density at radius 3 is 2.60 bits per heavy atom. The molecule has 2 aromatic carbocycles. The number of benzene rings is 2. The second-order valence-corrected chi connectivity index (χ2v) is 6.03. The van der Waals surface area contributed by atoms with E-state index in [4.69, 9.17) is 5.73 Å². The molecule has 1 aliphatic rings.